The smallest absolute Gasteiger partial charge is 0.319 e. The van der Waals surface area contributed by atoms with Crippen LogP contribution in [0.3, 0.4) is 0 Å². The van der Waals surface area contributed by atoms with Gasteiger partial charge in [0, 0.05) is 13.1 Å². The fourth-order valence-corrected chi connectivity index (χ4v) is 3.24. The normalized spacial score (nSPS) is 14.4. The highest BCUT2D eigenvalue weighted by molar-refractivity contribution is 6.05. The van der Waals surface area contributed by atoms with Gasteiger partial charge in [-0.2, -0.15) is 0 Å². The molecule has 2 atom stereocenters. The van der Waals surface area contributed by atoms with Gasteiger partial charge in [0.25, 0.3) is 0 Å². The van der Waals surface area contributed by atoms with Gasteiger partial charge in [0.1, 0.15) is 5.41 Å². The number of hydrogen-bond donors (Lipinski definition) is 0. The summed E-state index contributed by atoms with van der Waals surface area (Å²) in [5.74, 6) is -0.579. The maximum atomic E-state index is 13.3. The monoisotopic (exact) mass is 367 g/mol. The minimum atomic E-state index is -1.14. The van der Waals surface area contributed by atoms with Gasteiger partial charge < -0.3 is 4.74 Å². The Hall–Kier alpha value is -2.46. The molecule has 4 heteroatoms. The average molecular weight is 367 g/mol. The van der Waals surface area contributed by atoms with Crippen LogP contribution in [0, 0.1) is 5.41 Å². The Bertz CT molecular complexity index is 703. The zero-order chi connectivity index (χ0) is 19.9. The molecule has 144 valence electrons. The second-order valence-electron chi connectivity index (χ2n) is 7.09. The van der Waals surface area contributed by atoms with Crippen molar-refractivity contribution >= 4 is 11.8 Å². The van der Waals surface area contributed by atoms with Gasteiger partial charge in [-0.3, -0.25) is 14.5 Å². The van der Waals surface area contributed by atoms with Crippen LogP contribution in [0.4, 0.5) is 0 Å². The quantitative estimate of drug-likeness (QED) is 0.491. The highest BCUT2D eigenvalue weighted by Gasteiger charge is 2.44. The Kier molecular flexibility index (Phi) is 7.31. The van der Waals surface area contributed by atoms with Crippen LogP contribution in [0.25, 0.3) is 0 Å². The number of methoxy groups -OCH3 is 1. The lowest BCUT2D eigenvalue weighted by Gasteiger charge is -2.34. The van der Waals surface area contributed by atoms with Crippen molar-refractivity contribution in [1.82, 2.24) is 4.90 Å². The fourth-order valence-electron chi connectivity index (χ4n) is 3.24. The van der Waals surface area contributed by atoms with E-state index in [9.17, 15) is 9.59 Å². The zero-order valence-electron chi connectivity index (χ0n) is 16.6. The van der Waals surface area contributed by atoms with E-state index in [4.69, 9.17) is 4.74 Å². The molecule has 1 unspecified atom stereocenters. The first kappa shape index (κ1) is 20.8. The van der Waals surface area contributed by atoms with Gasteiger partial charge >= 0.3 is 5.97 Å². The summed E-state index contributed by atoms with van der Waals surface area (Å²) in [6, 6.07) is 19.7. The molecule has 0 heterocycles. The van der Waals surface area contributed by atoms with Gasteiger partial charge in [-0.05, 0) is 31.4 Å². The third-order valence-electron chi connectivity index (χ3n) is 5.27. The lowest BCUT2D eigenvalue weighted by atomic mass is 9.79. The number of rotatable bonds is 9. The number of carbonyl (C=O) groups is 2. The molecule has 0 aliphatic heterocycles. The van der Waals surface area contributed by atoms with E-state index in [1.54, 1.807) is 6.92 Å². The highest BCUT2D eigenvalue weighted by Crippen LogP contribution is 2.28. The van der Waals surface area contributed by atoms with E-state index >= 15 is 0 Å². The first-order chi connectivity index (χ1) is 12.9. The molecule has 0 aliphatic carbocycles. The van der Waals surface area contributed by atoms with Crippen molar-refractivity contribution in [3.63, 3.8) is 0 Å². The van der Waals surface area contributed by atoms with E-state index in [-0.39, 0.29) is 5.78 Å². The largest absolute Gasteiger partial charge is 0.468 e. The molecule has 4 nitrogen and oxygen atoms in total. The van der Waals surface area contributed by atoms with Gasteiger partial charge in [0.05, 0.1) is 13.2 Å². The molecule has 0 aliphatic rings. The molecule has 2 rings (SSSR count). The van der Waals surface area contributed by atoms with E-state index in [2.05, 4.69) is 29.2 Å². The van der Waals surface area contributed by atoms with Crippen LogP contribution >= 0.6 is 0 Å². The minimum Gasteiger partial charge on any atom is -0.468 e. The third-order valence-corrected chi connectivity index (χ3v) is 5.27. The molecule has 0 N–H and O–H groups in total. The summed E-state index contributed by atoms with van der Waals surface area (Å²) < 4.78 is 4.92. The molecular formula is C23H29NO3. The summed E-state index contributed by atoms with van der Waals surface area (Å²) in [7, 11) is 1.33. The van der Waals surface area contributed by atoms with Gasteiger partial charge in [-0.1, -0.05) is 67.6 Å². The van der Waals surface area contributed by atoms with Crippen molar-refractivity contribution in [2.45, 2.75) is 46.3 Å². The Morgan fingerprint density at radius 2 is 1.41 bits per heavy atom. The number of carbonyl (C=O) groups excluding carboxylic acids is 2. The van der Waals surface area contributed by atoms with Crippen LogP contribution < -0.4 is 0 Å². The van der Waals surface area contributed by atoms with Crippen LogP contribution in [-0.2, 0) is 27.4 Å². The summed E-state index contributed by atoms with van der Waals surface area (Å²) >= 11 is 0. The molecule has 0 aromatic heterocycles. The third kappa shape index (κ3) is 5.04. The molecule has 27 heavy (non-hydrogen) atoms. The number of esters is 1. The first-order valence-corrected chi connectivity index (χ1v) is 9.37. The predicted octanol–water partition coefficient (Wildman–Crippen LogP) is 4.24. The van der Waals surface area contributed by atoms with Gasteiger partial charge in [-0.25, -0.2) is 0 Å². The van der Waals surface area contributed by atoms with Crippen molar-refractivity contribution < 1.29 is 14.3 Å². The van der Waals surface area contributed by atoms with E-state index in [0.717, 1.165) is 11.1 Å². The van der Waals surface area contributed by atoms with Crippen molar-refractivity contribution in [2.75, 3.05) is 7.11 Å². The maximum absolute atomic E-state index is 13.3. The van der Waals surface area contributed by atoms with Crippen LogP contribution in [-0.4, -0.2) is 29.8 Å². The SMILES string of the molecule is CCC(C)(C(=O)OC)C(=O)[C@H](C)N(Cc1ccccc1)Cc1ccccc1. The summed E-state index contributed by atoms with van der Waals surface area (Å²) in [6.07, 6.45) is 0.410. The molecule has 0 spiro atoms. The number of benzene rings is 2. The van der Waals surface area contributed by atoms with Crippen molar-refractivity contribution in [3.05, 3.63) is 71.8 Å². The fraction of sp³-hybridized carbons (Fsp3) is 0.391. The topological polar surface area (TPSA) is 46.6 Å². The summed E-state index contributed by atoms with van der Waals surface area (Å²) in [4.78, 5) is 27.7. The van der Waals surface area contributed by atoms with Gasteiger partial charge in [-0.15, -0.1) is 0 Å². The van der Waals surface area contributed by atoms with Crippen LogP contribution in [0.15, 0.2) is 60.7 Å². The van der Waals surface area contributed by atoms with E-state index in [1.807, 2.05) is 50.2 Å². The van der Waals surface area contributed by atoms with Crippen molar-refractivity contribution in [2.24, 2.45) is 5.41 Å². The number of ketones is 1. The Labute approximate surface area is 162 Å². The second-order valence-corrected chi connectivity index (χ2v) is 7.09. The maximum Gasteiger partial charge on any atom is 0.319 e. The summed E-state index contributed by atoms with van der Waals surface area (Å²) in [6.45, 7) is 6.67. The Morgan fingerprint density at radius 1 is 0.963 bits per heavy atom. The number of ether oxygens (including phenoxy) is 1. The summed E-state index contributed by atoms with van der Waals surface area (Å²) in [5.41, 5.74) is 1.12. The predicted molar refractivity (Wildman–Crippen MR) is 107 cm³/mol. The average Bonchev–Trinajstić information content (AvgIpc) is 2.72. The molecule has 0 saturated heterocycles. The lowest BCUT2D eigenvalue weighted by molar-refractivity contribution is -0.159. The Balaban J connectivity index is 2.30. The van der Waals surface area contributed by atoms with Gasteiger partial charge in [0.2, 0.25) is 0 Å². The van der Waals surface area contributed by atoms with Crippen LogP contribution in [0.2, 0.25) is 0 Å². The van der Waals surface area contributed by atoms with Crippen molar-refractivity contribution in [3.8, 4) is 0 Å². The first-order valence-electron chi connectivity index (χ1n) is 9.37. The van der Waals surface area contributed by atoms with E-state index in [0.29, 0.717) is 19.5 Å². The summed E-state index contributed by atoms with van der Waals surface area (Å²) in [5, 5.41) is 0. The molecule has 0 bridgehead atoms. The molecule has 0 fully saturated rings. The van der Waals surface area contributed by atoms with Gasteiger partial charge in [0.15, 0.2) is 5.78 Å². The molecular weight excluding hydrogens is 338 g/mol. The van der Waals surface area contributed by atoms with Crippen LogP contribution in [0.1, 0.15) is 38.3 Å². The molecule has 2 aromatic carbocycles. The standard InChI is InChI=1S/C23H29NO3/c1-5-23(3,22(26)27-4)21(25)18(2)24(16-19-12-8-6-9-13-19)17-20-14-10-7-11-15-20/h6-15,18H,5,16-17H2,1-4H3/t18-,23?/m0/s1. The molecule has 0 amide bonds. The zero-order valence-corrected chi connectivity index (χ0v) is 16.6. The molecule has 0 saturated carbocycles. The second kappa shape index (κ2) is 9.47. The number of nitrogens with zero attached hydrogens (tertiary/aromatic N) is 1. The van der Waals surface area contributed by atoms with Crippen LogP contribution in [0.5, 0.6) is 0 Å². The van der Waals surface area contributed by atoms with E-state index < -0.39 is 17.4 Å². The number of hydrogen-bond acceptors (Lipinski definition) is 4. The molecule has 2 aromatic rings. The highest BCUT2D eigenvalue weighted by atomic mass is 16.5. The molecule has 0 radical (unpaired) electrons. The van der Waals surface area contributed by atoms with E-state index in [1.165, 1.54) is 7.11 Å². The number of Topliss-reactive ketones (excluding diaryl/α,β-unsaturated/α-hetero) is 1. The lowest BCUT2D eigenvalue weighted by Crippen LogP contribution is -2.48. The minimum absolute atomic E-state index is 0.108. The van der Waals surface area contributed by atoms with Crippen molar-refractivity contribution in [1.29, 1.82) is 0 Å². The Morgan fingerprint density at radius 3 is 1.78 bits per heavy atom.